The van der Waals surface area contributed by atoms with Crippen LogP contribution in [-0.2, 0) is 31.6 Å². The van der Waals surface area contributed by atoms with Crippen LogP contribution in [-0.4, -0.2) is 4.55 Å². The van der Waals surface area contributed by atoms with E-state index in [0.29, 0.717) is 0 Å². The molecule has 0 aromatic heterocycles. The Kier molecular flexibility index (Phi) is 28.7. The number of rotatable bonds is 0. The third-order valence-corrected chi connectivity index (χ3v) is 0. The molecule has 0 aromatic rings. The number of hydrogen-bond acceptors (Lipinski definition) is 3. The van der Waals surface area contributed by atoms with E-state index in [4.69, 9.17) is 0 Å². The molecule has 26 valence electrons. The van der Waals surface area contributed by atoms with Gasteiger partial charge < -0.3 is 25.0 Å². The molecule has 0 amide bonds. The Morgan fingerprint density at radius 3 is 1.50 bits per heavy atom. The largest absolute Gasteiger partial charge is 1.00 e. The van der Waals surface area contributed by atoms with Crippen molar-refractivity contribution in [1.82, 2.24) is 0 Å². The summed E-state index contributed by atoms with van der Waals surface area (Å²) in [5, 5.41) is 0. The maximum absolute atomic E-state index is 9.19. The summed E-state index contributed by atoms with van der Waals surface area (Å²) in [6.07, 6.45) is 0. The Labute approximate surface area is 93.5 Å². The molecule has 0 heterocycles. The molecule has 0 aromatic carbocycles. The van der Waals surface area contributed by atoms with Gasteiger partial charge in [-0.2, -0.15) is 0 Å². The molecular weight excluding hydrogens is 158 g/mol. The van der Waals surface area contributed by atoms with Crippen LogP contribution in [0.15, 0.2) is 0 Å². The van der Waals surface area contributed by atoms with Crippen molar-refractivity contribution in [2.45, 2.75) is 0 Å². The fourth-order valence-corrected chi connectivity index (χ4v) is 0. The molecule has 1 unspecified atom stereocenters. The van der Waals surface area contributed by atoms with Crippen LogP contribution in [0.5, 0.6) is 0 Å². The Morgan fingerprint density at radius 1 is 1.50 bits per heavy atom. The second kappa shape index (κ2) is 10.8. The van der Waals surface area contributed by atoms with Gasteiger partial charge in [0.2, 0.25) is 0 Å². The van der Waals surface area contributed by atoms with E-state index in [1.54, 1.807) is 0 Å². The fraction of sp³-hybridized carbons (Fsp3) is 0. The minimum absolute atomic E-state index is 0. The zero-order valence-electron chi connectivity index (χ0n) is 3.63. The molecule has 1 nitrogen and oxygen atoms in total. The van der Waals surface area contributed by atoms with Gasteiger partial charge >= 0.3 is 59.1 Å². The number of hydrogen-bond donors (Lipinski definition) is 0. The van der Waals surface area contributed by atoms with Gasteiger partial charge in [-0.1, -0.05) is 11.2 Å². The first-order chi connectivity index (χ1) is 1.73. The summed E-state index contributed by atoms with van der Waals surface area (Å²) in [5.41, 5.74) is 0. The zero-order chi connectivity index (χ0) is 3.58. The van der Waals surface area contributed by atoms with Crippen molar-refractivity contribution in [3.63, 3.8) is 0 Å². The van der Waals surface area contributed by atoms with Crippen LogP contribution in [0, 0.1) is 0 Å². The van der Waals surface area contributed by atoms with Gasteiger partial charge in [-0.3, -0.25) is 0 Å². The van der Waals surface area contributed by atoms with E-state index in [1.165, 1.54) is 0 Å². The van der Waals surface area contributed by atoms with Gasteiger partial charge in [0.1, 0.15) is 0 Å². The van der Waals surface area contributed by atoms with E-state index >= 15 is 0 Å². The van der Waals surface area contributed by atoms with Crippen molar-refractivity contribution in [3.8, 4) is 0 Å². The van der Waals surface area contributed by atoms with Gasteiger partial charge in [-0.15, -0.1) is 0 Å². The van der Waals surface area contributed by atoms with Crippen molar-refractivity contribution < 1.29 is 63.7 Å². The predicted molar refractivity (Wildman–Crippen MR) is 22.9 cm³/mol. The fourth-order valence-electron chi connectivity index (χ4n) is 0. The molecule has 0 saturated heterocycles. The molecule has 0 N–H and O–H groups in total. The van der Waals surface area contributed by atoms with Crippen LogP contribution in [0.1, 0.15) is 0 Å². The van der Waals surface area contributed by atoms with E-state index in [0.717, 1.165) is 0 Å². The molecule has 0 aliphatic rings. The predicted octanol–water partition coefficient (Wildman–Crippen LogP) is -6.33. The summed E-state index contributed by atoms with van der Waals surface area (Å²) >= 11 is 7.81. The monoisotopic (exact) mass is 158 g/mol. The van der Waals surface area contributed by atoms with Crippen LogP contribution in [0.2, 0.25) is 0 Å². The van der Waals surface area contributed by atoms with Crippen LogP contribution < -0.4 is 59.1 Å². The Bertz CT molecular complexity index is 31.8. The first-order valence-corrected chi connectivity index (χ1v) is 3.50. The molecule has 0 spiro atoms. The van der Waals surface area contributed by atoms with Gasteiger partial charge in [-0.25, -0.2) is 0 Å². The quantitative estimate of drug-likeness (QED) is 0.199. The van der Waals surface area contributed by atoms with Gasteiger partial charge in [0.05, 0.1) is 0 Å². The summed E-state index contributed by atoms with van der Waals surface area (Å²) in [5.74, 6) is 0. The molecule has 0 radical (unpaired) electrons. The second-order valence-electron chi connectivity index (χ2n) is 0.204. The second-order valence-corrected chi connectivity index (χ2v) is 3.06. The molecule has 0 aliphatic carbocycles. The molecular formula is Na2OS3. The van der Waals surface area contributed by atoms with Crippen molar-refractivity contribution in [2.24, 2.45) is 0 Å². The normalized spacial score (nSPS) is 10.3. The minimum atomic E-state index is -1.44. The van der Waals surface area contributed by atoms with Gasteiger partial charge in [0.25, 0.3) is 0 Å². The Balaban J connectivity index is -0.0000000450. The third kappa shape index (κ3) is 28.7. The van der Waals surface area contributed by atoms with Crippen LogP contribution in [0.4, 0.5) is 0 Å². The van der Waals surface area contributed by atoms with Crippen LogP contribution in [0.3, 0.4) is 0 Å². The van der Waals surface area contributed by atoms with E-state index in [-0.39, 0.29) is 59.1 Å². The SMILES string of the molecule is [Na+].[Na+].[O-]S(=S)[S-]. The molecule has 6 heteroatoms. The summed E-state index contributed by atoms with van der Waals surface area (Å²) in [4.78, 5) is 0. The van der Waals surface area contributed by atoms with E-state index in [1.807, 2.05) is 0 Å². The van der Waals surface area contributed by atoms with Crippen molar-refractivity contribution in [3.05, 3.63) is 0 Å². The third-order valence-electron chi connectivity index (χ3n) is 0. The Morgan fingerprint density at radius 2 is 1.50 bits per heavy atom. The topological polar surface area (TPSA) is 23.1 Å². The van der Waals surface area contributed by atoms with Crippen molar-refractivity contribution in [2.75, 3.05) is 0 Å². The maximum atomic E-state index is 9.19. The summed E-state index contributed by atoms with van der Waals surface area (Å²) in [6.45, 7) is 0. The molecule has 0 bridgehead atoms. The first-order valence-electron chi connectivity index (χ1n) is 0.500. The average molecular weight is 158 g/mol. The molecule has 1 atom stereocenters. The van der Waals surface area contributed by atoms with E-state index in [9.17, 15) is 4.55 Å². The smallest absolute Gasteiger partial charge is 0.814 e. The Hall–Kier alpha value is 2.88. The average Bonchev–Trinajstić information content (AvgIpc) is 0.811. The van der Waals surface area contributed by atoms with Gasteiger partial charge in [0, 0.05) is 0 Å². The zero-order valence-corrected chi connectivity index (χ0v) is 10.1. The van der Waals surface area contributed by atoms with Gasteiger partial charge in [-0.05, 0) is 0 Å². The molecule has 0 fully saturated rings. The first kappa shape index (κ1) is 15.9. The summed E-state index contributed by atoms with van der Waals surface area (Å²) < 4.78 is 9.19. The minimum Gasteiger partial charge on any atom is -0.814 e. The van der Waals surface area contributed by atoms with Crippen molar-refractivity contribution >= 4 is 31.6 Å². The van der Waals surface area contributed by atoms with Crippen LogP contribution >= 0.6 is 0 Å². The standard InChI is InChI=1S/2Na.H2OS3/c;;1-4(2)3/h;;(H2,1,2,3)/q2*+1;/p-2. The summed E-state index contributed by atoms with van der Waals surface area (Å²) in [6, 6.07) is 0. The molecule has 0 saturated carbocycles. The molecule has 6 heavy (non-hydrogen) atoms. The molecule has 0 aliphatic heterocycles. The van der Waals surface area contributed by atoms with Crippen molar-refractivity contribution in [1.29, 1.82) is 0 Å². The van der Waals surface area contributed by atoms with Gasteiger partial charge in [0.15, 0.2) is 0 Å². The van der Waals surface area contributed by atoms with E-state index < -0.39 is 8.77 Å². The maximum Gasteiger partial charge on any atom is 1.00 e. The summed E-state index contributed by atoms with van der Waals surface area (Å²) in [7, 11) is -1.44. The van der Waals surface area contributed by atoms with Crippen LogP contribution in [0.25, 0.3) is 0 Å². The molecule has 0 rings (SSSR count). The van der Waals surface area contributed by atoms with E-state index in [2.05, 4.69) is 22.8 Å².